The Morgan fingerprint density at radius 3 is 3.11 bits per heavy atom. The van der Waals surface area contributed by atoms with Crippen molar-refractivity contribution in [3.63, 3.8) is 0 Å². The molecule has 2 aromatic rings. The molecule has 0 aliphatic heterocycles. The van der Waals surface area contributed by atoms with E-state index >= 15 is 0 Å². The Kier molecular flexibility index (Phi) is 3.68. The van der Waals surface area contributed by atoms with Gasteiger partial charge in [0.15, 0.2) is 0 Å². The number of fused-ring (bicyclic) bond motifs is 1. The first-order valence-corrected chi connectivity index (χ1v) is 7.64. The van der Waals surface area contributed by atoms with Crippen molar-refractivity contribution in [2.75, 3.05) is 0 Å². The van der Waals surface area contributed by atoms with Gasteiger partial charge in [-0.3, -0.25) is 16.0 Å². The van der Waals surface area contributed by atoms with Gasteiger partial charge in [-0.05, 0) is 49.8 Å². The van der Waals surface area contributed by atoms with Crippen LogP contribution in [0.4, 0.5) is 0 Å². The fraction of sp³-hybridized carbons (Fsp3) is 0.500. The lowest BCUT2D eigenvalue weighted by Gasteiger charge is -2.14. The lowest BCUT2D eigenvalue weighted by atomic mass is 10.1. The maximum absolute atomic E-state index is 5.74. The number of nitrogens with one attached hydrogen (secondary N) is 1. The van der Waals surface area contributed by atoms with E-state index < -0.39 is 0 Å². The standard InChI is InChI=1S/C14H20N4S/c1-18-11(7-8-16-18)5-6-12(17-15)14-9-10-3-2-4-13(10)19-14/h7-9,12,17H,2-6,15H2,1H3. The van der Waals surface area contributed by atoms with Gasteiger partial charge in [-0.15, -0.1) is 11.3 Å². The van der Waals surface area contributed by atoms with E-state index in [9.17, 15) is 0 Å². The molecule has 0 radical (unpaired) electrons. The predicted octanol–water partition coefficient (Wildman–Crippen LogP) is 2.11. The molecule has 0 fully saturated rings. The molecule has 4 nitrogen and oxygen atoms in total. The molecule has 19 heavy (non-hydrogen) atoms. The third kappa shape index (κ3) is 2.59. The summed E-state index contributed by atoms with van der Waals surface area (Å²) in [6, 6.07) is 4.67. The summed E-state index contributed by atoms with van der Waals surface area (Å²) < 4.78 is 1.93. The van der Waals surface area contributed by atoms with Gasteiger partial charge in [0.25, 0.3) is 0 Å². The predicted molar refractivity (Wildman–Crippen MR) is 77.9 cm³/mol. The Labute approximate surface area is 117 Å². The lowest BCUT2D eigenvalue weighted by molar-refractivity contribution is 0.513. The Balaban J connectivity index is 1.68. The van der Waals surface area contributed by atoms with Gasteiger partial charge in [0.05, 0.1) is 6.04 Å². The number of aryl methyl sites for hydroxylation is 4. The second kappa shape index (κ2) is 5.45. The van der Waals surface area contributed by atoms with E-state index in [1.165, 1.54) is 29.8 Å². The molecule has 3 N–H and O–H groups in total. The van der Waals surface area contributed by atoms with Gasteiger partial charge in [-0.1, -0.05) is 0 Å². The van der Waals surface area contributed by atoms with Crippen LogP contribution in [0.15, 0.2) is 18.3 Å². The Morgan fingerprint density at radius 1 is 1.53 bits per heavy atom. The third-order valence-electron chi connectivity index (χ3n) is 3.92. The van der Waals surface area contributed by atoms with Crippen LogP contribution < -0.4 is 11.3 Å². The number of hydrogen-bond donors (Lipinski definition) is 2. The molecule has 1 aliphatic carbocycles. The highest BCUT2D eigenvalue weighted by Crippen LogP contribution is 2.34. The van der Waals surface area contributed by atoms with Gasteiger partial charge in [0, 0.05) is 28.7 Å². The molecule has 0 saturated carbocycles. The SMILES string of the molecule is Cn1nccc1CCC(NN)c1cc2c(s1)CCC2. The fourth-order valence-corrected chi connectivity index (χ4v) is 4.12. The van der Waals surface area contributed by atoms with Crippen molar-refractivity contribution < 1.29 is 0 Å². The van der Waals surface area contributed by atoms with Crippen molar-refractivity contribution in [1.29, 1.82) is 0 Å². The van der Waals surface area contributed by atoms with E-state index in [0.29, 0.717) is 0 Å². The number of aromatic nitrogens is 2. The van der Waals surface area contributed by atoms with E-state index in [4.69, 9.17) is 5.84 Å². The minimum absolute atomic E-state index is 0.255. The quantitative estimate of drug-likeness (QED) is 0.649. The van der Waals surface area contributed by atoms with Gasteiger partial charge in [0.2, 0.25) is 0 Å². The van der Waals surface area contributed by atoms with Crippen LogP contribution in [0.5, 0.6) is 0 Å². The molecular formula is C14H20N4S. The second-order valence-corrected chi connectivity index (χ2v) is 6.32. The molecule has 102 valence electrons. The first-order chi connectivity index (χ1) is 9.28. The molecule has 0 aromatic carbocycles. The van der Waals surface area contributed by atoms with Crippen molar-refractivity contribution >= 4 is 11.3 Å². The first-order valence-electron chi connectivity index (χ1n) is 6.82. The summed E-state index contributed by atoms with van der Waals surface area (Å²) in [5.41, 5.74) is 5.77. The van der Waals surface area contributed by atoms with Crippen LogP contribution in [0.1, 0.15) is 39.9 Å². The lowest BCUT2D eigenvalue weighted by Crippen LogP contribution is -2.28. The monoisotopic (exact) mass is 276 g/mol. The van der Waals surface area contributed by atoms with Crippen molar-refractivity contribution in [3.05, 3.63) is 39.3 Å². The molecule has 5 heteroatoms. The zero-order valence-electron chi connectivity index (χ0n) is 11.2. The van der Waals surface area contributed by atoms with Crippen molar-refractivity contribution in [2.45, 2.75) is 38.1 Å². The number of rotatable bonds is 5. The fourth-order valence-electron chi connectivity index (χ4n) is 2.77. The van der Waals surface area contributed by atoms with Crippen LogP contribution in [0, 0.1) is 0 Å². The van der Waals surface area contributed by atoms with Crippen LogP contribution in [0.25, 0.3) is 0 Å². The summed E-state index contributed by atoms with van der Waals surface area (Å²) >= 11 is 1.93. The maximum atomic E-state index is 5.74. The van der Waals surface area contributed by atoms with Gasteiger partial charge in [-0.25, -0.2) is 0 Å². The van der Waals surface area contributed by atoms with Crippen LogP contribution in [-0.4, -0.2) is 9.78 Å². The molecule has 1 unspecified atom stereocenters. The topological polar surface area (TPSA) is 55.9 Å². The van der Waals surface area contributed by atoms with Crippen LogP contribution in [-0.2, 0) is 26.3 Å². The molecule has 3 rings (SSSR count). The molecule has 0 bridgehead atoms. The molecule has 1 aliphatic rings. The van der Waals surface area contributed by atoms with E-state index in [-0.39, 0.29) is 6.04 Å². The van der Waals surface area contributed by atoms with Crippen molar-refractivity contribution in [1.82, 2.24) is 15.2 Å². The largest absolute Gasteiger partial charge is 0.273 e. The number of nitrogens with zero attached hydrogens (tertiary/aromatic N) is 2. The highest BCUT2D eigenvalue weighted by Gasteiger charge is 2.19. The zero-order valence-corrected chi connectivity index (χ0v) is 12.0. The Bertz CT molecular complexity index is 536. The molecule has 2 aromatic heterocycles. The molecule has 0 spiro atoms. The number of hydrazine groups is 1. The summed E-state index contributed by atoms with van der Waals surface area (Å²) in [5.74, 6) is 5.74. The van der Waals surface area contributed by atoms with Gasteiger partial charge >= 0.3 is 0 Å². The average Bonchev–Trinajstić information content (AvgIpc) is 3.06. The normalized spacial score (nSPS) is 15.7. The third-order valence-corrected chi connectivity index (χ3v) is 5.27. The molecule has 0 amide bonds. The van der Waals surface area contributed by atoms with Gasteiger partial charge in [-0.2, -0.15) is 5.10 Å². The van der Waals surface area contributed by atoms with Gasteiger partial charge < -0.3 is 0 Å². The molecular weight excluding hydrogens is 256 g/mol. The summed E-state index contributed by atoms with van der Waals surface area (Å²) in [6.45, 7) is 0. The number of hydrogen-bond acceptors (Lipinski definition) is 4. The van der Waals surface area contributed by atoms with E-state index in [1.54, 1.807) is 10.4 Å². The van der Waals surface area contributed by atoms with Crippen molar-refractivity contribution in [3.8, 4) is 0 Å². The van der Waals surface area contributed by atoms with E-state index in [0.717, 1.165) is 12.8 Å². The summed E-state index contributed by atoms with van der Waals surface area (Å²) in [6.07, 6.45) is 7.66. The van der Waals surface area contributed by atoms with Gasteiger partial charge in [0.1, 0.15) is 0 Å². The Morgan fingerprint density at radius 2 is 2.42 bits per heavy atom. The zero-order chi connectivity index (χ0) is 13.2. The average molecular weight is 276 g/mol. The smallest absolute Gasteiger partial charge is 0.0557 e. The minimum atomic E-state index is 0.255. The van der Waals surface area contributed by atoms with Crippen LogP contribution in [0.2, 0.25) is 0 Å². The molecule has 2 heterocycles. The Hall–Kier alpha value is -1.17. The van der Waals surface area contributed by atoms with Crippen molar-refractivity contribution in [2.24, 2.45) is 12.9 Å². The summed E-state index contributed by atoms with van der Waals surface area (Å²) in [7, 11) is 1.99. The maximum Gasteiger partial charge on any atom is 0.0557 e. The second-order valence-electron chi connectivity index (χ2n) is 5.15. The van der Waals surface area contributed by atoms with Crippen LogP contribution >= 0.6 is 11.3 Å². The van der Waals surface area contributed by atoms with E-state index in [2.05, 4.69) is 22.7 Å². The molecule has 0 saturated heterocycles. The van der Waals surface area contributed by atoms with E-state index in [1.807, 2.05) is 29.3 Å². The number of nitrogens with two attached hydrogens (primary N) is 1. The highest BCUT2D eigenvalue weighted by molar-refractivity contribution is 7.12. The summed E-state index contributed by atoms with van der Waals surface area (Å²) in [4.78, 5) is 2.95. The number of thiophene rings is 1. The molecule has 1 atom stereocenters. The first kappa shape index (κ1) is 12.8. The minimum Gasteiger partial charge on any atom is -0.273 e. The highest BCUT2D eigenvalue weighted by atomic mass is 32.1. The summed E-state index contributed by atoms with van der Waals surface area (Å²) in [5, 5.41) is 4.20. The van der Waals surface area contributed by atoms with Crippen LogP contribution in [0.3, 0.4) is 0 Å².